The molecule has 0 radical (unpaired) electrons. The highest BCUT2D eigenvalue weighted by Crippen LogP contribution is 2.44. The molecule has 2 heterocycles. The third-order valence-corrected chi connectivity index (χ3v) is 8.55. The molecule has 1 aromatic heterocycles. The molecule has 0 bridgehead atoms. The molecule has 0 spiro atoms. The summed E-state index contributed by atoms with van der Waals surface area (Å²) in [5.41, 5.74) is 1.96. The number of hydrogen-bond donors (Lipinski definition) is 2. The molecule has 1 amide bonds. The van der Waals surface area contributed by atoms with Crippen molar-refractivity contribution < 1.29 is 19.8 Å². The molecule has 196 valence electrons. The minimum Gasteiger partial charge on any atom is -0.508 e. The fourth-order valence-electron chi connectivity index (χ4n) is 4.03. The maximum Gasteiger partial charge on any atom is 0.296 e. The SMILES string of the molecule is O=C(C=Cc1ccccc1)C1=C(O)C(=O)N(c2nnc(SCc3ccc(Cl)cc3Cl)s2)C1c1cccc(O)c1. The molecule has 7 nitrogen and oxygen atoms in total. The van der Waals surface area contributed by atoms with Gasteiger partial charge in [-0.05, 0) is 47.0 Å². The van der Waals surface area contributed by atoms with Gasteiger partial charge in [0.25, 0.3) is 5.91 Å². The number of aliphatic hydroxyl groups excluding tert-OH is 1. The zero-order valence-corrected chi connectivity index (χ0v) is 23.1. The lowest BCUT2D eigenvalue weighted by Crippen LogP contribution is -2.30. The predicted octanol–water partition coefficient (Wildman–Crippen LogP) is 7.03. The van der Waals surface area contributed by atoms with Gasteiger partial charge in [0.2, 0.25) is 5.13 Å². The summed E-state index contributed by atoms with van der Waals surface area (Å²) in [6.45, 7) is 0. The molecule has 4 aromatic rings. The van der Waals surface area contributed by atoms with Crippen molar-refractivity contribution in [3.63, 3.8) is 0 Å². The number of aromatic nitrogens is 2. The van der Waals surface area contributed by atoms with Crippen LogP contribution in [0, 0.1) is 0 Å². The van der Waals surface area contributed by atoms with Gasteiger partial charge in [-0.1, -0.05) is 101 Å². The number of nitrogens with zero attached hydrogens (tertiary/aromatic N) is 3. The van der Waals surface area contributed by atoms with Crippen LogP contribution >= 0.6 is 46.3 Å². The molecule has 11 heteroatoms. The number of anilines is 1. The standard InChI is InChI=1S/C28H19Cl2N3O4S2/c29-19-11-10-18(21(30)14-19)15-38-28-32-31-27(39-28)33-24(17-7-4-8-20(34)13-17)23(25(36)26(33)37)22(35)12-9-16-5-2-1-3-6-16/h1-14,24,34,36H,15H2. The molecule has 1 atom stereocenters. The number of halogens is 2. The number of benzene rings is 3. The first-order valence-electron chi connectivity index (χ1n) is 11.5. The van der Waals surface area contributed by atoms with E-state index in [9.17, 15) is 19.8 Å². The van der Waals surface area contributed by atoms with E-state index in [-0.39, 0.29) is 16.5 Å². The Morgan fingerprint density at radius 2 is 1.82 bits per heavy atom. The minimum absolute atomic E-state index is 0.0498. The van der Waals surface area contributed by atoms with Crippen molar-refractivity contribution in [2.75, 3.05) is 4.90 Å². The Morgan fingerprint density at radius 1 is 1.03 bits per heavy atom. The van der Waals surface area contributed by atoms with Crippen LogP contribution in [0.5, 0.6) is 5.75 Å². The summed E-state index contributed by atoms with van der Waals surface area (Å²) in [5.74, 6) is -1.56. The topological polar surface area (TPSA) is 104 Å². The molecule has 1 aliphatic heterocycles. The Kier molecular flexibility index (Phi) is 8.04. The van der Waals surface area contributed by atoms with Gasteiger partial charge in [-0.25, -0.2) is 0 Å². The van der Waals surface area contributed by atoms with Crippen LogP contribution in [0.3, 0.4) is 0 Å². The average molecular weight is 597 g/mol. The van der Waals surface area contributed by atoms with Gasteiger partial charge in [0.1, 0.15) is 5.75 Å². The van der Waals surface area contributed by atoms with Crippen molar-refractivity contribution in [3.8, 4) is 5.75 Å². The average Bonchev–Trinajstić information content (AvgIpc) is 3.49. The Bertz CT molecular complexity index is 1620. The smallest absolute Gasteiger partial charge is 0.296 e. The van der Waals surface area contributed by atoms with Gasteiger partial charge in [0, 0.05) is 15.8 Å². The monoisotopic (exact) mass is 595 g/mol. The van der Waals surface area contributed by atoms with Crippen molar-refractivity contribution >= 4 is 69.2 Å². The van der Waals surface area contributed by atoms with Crippen molar-refractivity contribution in [1.29, 1.82) is 0 Å². The Morgan fingerprint density at radius 3 is 2.56 bits per heavy atom. The zero-order chi connectivity index (χ0) is 27.5. The number of allylic oxidation sites excluding steroid dienone is 1. The van der Waals surface area contributed by atoms with Crippen molar-refractivity contribution in [1.82, 2.24) is 10.2 Å². The van der Waals surface area contributed by atoms with E-state index in [4.69, 9.17) is 23.2 Å². The number of amides is 1. The van der Waals surface area contributed by atoms with Crippen molar-refractivity contribution in [2.24, 2.45) is 0 Å². The van der Waals surface area contributed by atoms with Crippen LogP contribution in [-0.4, -0.2) is 32.1 Å². The summed E-state index contributed by atoms with van der Waals surface area (Å²) >= 11 is 14.8. The summed E-state index contributed by atoms with van der Waals surface area (Å²) in [4.78, 5) is 27.9. The number of phenolic OH excluding ortho intramolecular Hbond substituents is 1. The number of thioether (sulfide) groups is 1. The van der Waals surface area contributed by atoms with Crippen LogP contribution in [0.4, 0.5) is 5.13 Å². The highest BCUT2D eigenvalue weighted by molar-refractivity contribution is 8.00. The van der Waals surface area contributed by atoms with E-state index in [1.165, 1.54) is 34.9 Å². The summed E-state index contributed by atoms with van der Waals surface area (Å²) in [6, 6.07) is 19.6. The molecule has 0 saturated heterocycles. The highest BCUT2D eigenvalue weighted by Gasteiger charge is 2.45. The molecule has 0 saturated carbocycles. The second kappa shape index (κ2) is 11.6. The van der Waals surface area contributed by atoms with E-state index in [0.717, 1.165) is 22.5 Å². The van der Waals surface area contributed by atoms with E-state index < -0.39 is 23.5 Å². The highest BCUT2D eigenvalue weighted by atomic mass is 35.5. The van der Waals surface area contributed by atoms with Gasteiger partial charge < -0.3 is 10.2 Å². The first-order valence-corrected chi connectivity index (χ1v) is 14.1. The van der Waals surface area contributed by atoms with Crippen molar-refractivity contribution in [2.45, 2.75) is 16.1 Å². The van der Waals surface area contributed by atoms with Crippen LogP contribution in [0.25, 0.3) is 6.08 Å². The van der Waals surface area contributed by atoms with Gasteiger partial charge in [-0.2, -0.15) is 0 Å². The molecule has 0 fully saturated rings. The van der Waals surface area contributed by atoms with E-state index in [1.54, 1.807) is 30.3 Å². The summed E-state index contributed by atoms with van der Waals surface area (Å²) < 4.78 is 0.557. The number of carbonyl (C=O) groups excluding carboxylic acids is 2. The lowest BCUT2D eigenvalue weighted by Gasteiger charge is -2.23. The van der Waals surface area contributed by atoms with E-state index in [2.05, 4.69) is 10.2 Å². The number of ketones is 1. The molecular weight excluding hydrogens is 577 g/mol. The molecule has 5 rings (SSSR count). The normalized spacial score (nSPS) is 15.5. The molecule has 2 N–H and O–H groups in total. The molecular formula is C28H19Cl2N3O4S2. The lowest BCUT2D eigenvalue weighted by molar-refractivity contribution is -0.117. The van der Waals surface area contributed by atoms with Crippen LogP contribution in [0.2, 0.25) is 10.0 Å². The van der Waals surface area contributed by atoms with Gasteiger partial charge in [0.05, 0.1) is 11.6 Å². The van der Waals surface area contributed by atoms with Crippen molar-refractivity contribution in [3.05, 3.63) is 117 Å². The summed E-state index contributed by atoms with van der Waals surface area (Å²) in [5, 5.41) is 30.6. The molecule has 0 aliphatic carbocycles. The predicted molar refractivity (Wildman–Crippen MR) is 154 cm³/mol. The summed E-state index contributed by atoms with van der Waals surface area (Å²) in [7, 11) is 0. The maximum atomic E-state index is 13.3. The lowest BCUT2D eigenvalue weighted by atomic mass is 9.95. The first kappa shape index (κ1) is 27.0. The Balaban J connectivity index is 1.46. The molecule has 1 unspecified atom stereocenters. The molecule has 39 heavy (non-hydrogen) atoms. The zero-order valence-electron chi connectivity index (χ0n) is 20.0. The van der Waals surface area contributed by atoms with E-state index in [0.29, 0.717) is 25.7 Å². The summed E-state index contributed by atoms with van der Waals surface area (Å²) in [6.07, 6.45) is 2.92. The largest absolute Gasteiger partial charge is 0.508 e. The minimum atomic E-state index is -1.02. The first-order chi connectivity index (χ1) is 18.8. The fraction of sp³-hybridized carbons (Fsp3) is 0.0714. The Labute approximate surface area is 242 Å². The second-order valence-electron chi connectivity index (χ2n) is 8.42. The number of hydrogen-bond acceptors (Lipinski definition) is 8. The Hall–Kier alpha value is -3.63. The third kappa shape index (κ3) is 5.86. The fourth-order valence-corrected chi connectivity index (χ4v) is 6.45. The maximum absolute atomic E-state index is 13.3. The third-order valence-electron chi connectivity index (χ3n) is 5.85. The van der Waals surface area contributed by atoms with Gasteiger partial charge >= 0.3 is 0 Å². The molecule has 3 aromatic carbocycles. The molecule has 1 aliphatic rings. The van der Waals surface area contributed by atoms with E-state index >= 15 is 0 Å². The van der Waals surface area contributed by atoms with Crippen LogP contribution < -0.4 is 4.90 Å². The number of aromatic hydroxyl groups is 1. The van der Waals surface area contributed by atoms with Gasteiger partial charge in [-0.15, -0.1) is 10.2 Å². The van der Waals surface area contributed by atoms with Crippen LogP contribution in [0.15, 0.2) is 94.5 Å². The van der Waals surface area contributed by atoms with E-state index in [1.807, 2.05) is 36.4 Å². The number of carbonyl (C=O) groups is 2. The quantitative estimate of drug-likeness (QED) is 0.128. The van der Waals surface area contributed by atoms with Crippen LogP contribution in [-0.2, 0) is 15.3 Å². The number of aliphatic hydroxyl groups is 1. The number of phenols is 1. The second-order valence-corrected chi connectivity index (χ2v) is 11.4. The van der Waals surface area contributed by atoms with Crippen LogP contribution in [0.1, 0.15) is 22.7 Å². The van der Waals surface area contributed by atoms with Gasteiger partial charge in [-0.3, -0.25) is 14.5 Å². The number of rotatable bonds is 8. The van der Waals surface area contributed by atoms with Gasteiger partial charge in [0.15, 0.2) is 15.9 Å².